The van der Waals surface area contributed by atoms with Crippen LogP contribution in [0.2, 0.25) is 0 Å². The monoisotopic (exact) mass is 1530 g/mol. The minimum Gasteiger partial charge on any atom is -0.340 e. The summed E-state index contributed by atoms with van der Waals surface area (Å²) in [6, 6.07) is 63.7. The van der Waals surface area contributed by atoms with Crippen LogP contribution in [0.3, 0.4) is 0 Å². The van der Waals surface area contributed by atoms with Crippen LogP contribution in [0.15, 0.2) is 182 Å². The lowest BCUT2D eigenvalue weighted by Crippen LogP contribution is -3.08. The highest BCUT2D eigenvalue weighted by molar-refractivity contribution is 5.31. The van der Waals surface area contributed by atoms with Crippen LogP contribution < -0.4 is 58.8 Å². The molecule has 108 heavy (non-hydrogen) atoms. The van der Waals surface area contributed by atoms with E-state index in [1.54, 1.807) is 49.0 Å². The van der Waals surface area contributed by atoms with E-state index >= 15 is 0 Å². The van der Waals surface area contributed by atoms with E-state index in [0.717, 1.165) is 6.54 Å². The minimum atomic E-state index is 0. The first-order valence-corrected chi connectivity index (χ1v) is 41.3. The van der Waals surface area contributed by atoms with E-state index in [4.69, 9.17) is 0 Å². The number of hydrogen-bond donors (Lipinski definition) is 12. The van der Waals surface area contributed by atoms with Crippen molar-refractivity contribution in [3.05, 3.63) is 182 Å². The van der Waals surface area contributed by atoms with Gasteiger partial charge in [0, 0.05) is 0 Å². The van der Waals surface area contributed by atoms with Crippen molar-refractivity contribution in [2.24, 2.45) is 0 Å². The number of quaternary nitrogens is 12. The second-order valence-corrected chi connectivity index (χ2v) is 26.6. The van der Waals surface area contributed by atoms with Crippen LogP contribution in [0, 0.1) is 0 Å². The van der Waals surface area contributed by atoms with E-state index < -0.39 is 0 Å². The molecule has 0 amide bonds. The number of rotatable bonds is 30. The fraction of sp³-hybridized carbons (Fsp3) is 0.625. The van der Waals surface area contributed by atoms with E-state index in [1.807, 2.05) is 6.07 Å². The largest absolute Gasteiger partial charge is 0.340 e. The van der Waals surface area contributed by atoms with Gasteiger partial charge in [0.05, 0.1) is 200 Å². The van der Waals surface area contributed by atoms with Crippen LogP contribution in [0.1, 0.15) is 210 Å². The van der Waals surface area contributed by atoms with Crippen LogP contribution in [0.25, 0.3) is 0 Å². The van der Waals surface area contributed by atoms with Crippen molar-refractivity contribution in [2.45, 2.75) is 210 Å². The van der Waals surface area contributed by atoms with Gasteiger partial charge in [0.2, 0.25) is 0 Å². The molecule has 3 unspecified atom stereocenters. The summed E-state index contributed by atoms with van der Waals surface area (Å²) in [6.07, 6.45) is 2.55. The molecular formula is C96H204N12+12. The molecule has 0 fully saturated rings. The molecule has 3 atom stereocenters. The fourth-order valence-electron chi connectivity index (χ4n) is 9.36. The van der Waals surface area contributed by atoms with Gasteiger partial charge in [0.1, 0.15) is 34.1 Å². The Labute approximate surface area is 681 Å². The molecule has 0 radical (unpaired) electrons. The smallest absolute Gasteiger partial charge is 0.131 e. The molecule has 6 aromatic carbocycles. The highest BCUT2D eigenvalue weighted by atomic mass is 15.1. The van der Waals surface area contributed by atoms with Crippen molar-refractivity contribution < 1.29 is 58.8 Å². The first-order chi connectivity index (χ1) is 49.1. The van der Waals surface area contributed by atoms with E-state index in [2.05, 4.69) is 385 Å². The maximum absolute atomic E-state index is 2.23. The third kappa shape index (κ3) is 78.9. The van der Waals surface area contributed by atoms with Crippen molar-refractivity contribution in [3.63, 3.8) is 0 Å². The van der Waals surface area contributed by atoms with Crippen molar-refractivity contribution in [1.82, 2.24) is 0 Å². The number of benzene rings is 6. The molecule has 6 rings (SSSR count). The standard InChI is InChI=1S/C11H17N.4C10H15N.C9H13N.C6H15N.4C5H13N.C4H11N.6CH4/c1-3-10-12(4-2)11-8-6-5-7-9-11;4*1-3-11(4-2)10-8-6-5-7-9-10;1-3-10(2)9-7-5-4-6-8-9;1-4-6-7(3)5-2;4*1-4-6(3)5-2;1-4-5(2)3;;;;;;/h5-9H,3-4,10H2,1-2H3;4*5-9H,3-4H2,1-2H3;4-8H,3H2,1-2H3;4-6H2,1-3H3;4*4-5H2,1-3H3;4H2,1-3H3;6*1H4/p+12. The molecule has 12 nitrogen and oxygen atoms in total. The molecule has 0 bridgehead atoms. The molecule has 0 spiro atoms. The Morgan fingerprint density at radius 1 is 0.167 bits per heavy atom. The first kappa shape index (κ1) is 129. The molecule has 0 aliphatic rings. The molecule has 12 N–H and O–H groups in total. The average Bonchev–Trinajstić information content (AvgIpc) is 0.933. The first-order valence-electron chi connectivity index (χ1n) is 41.3. The topological polar surface area (TPSA) is 53.3 Å². The summed E-state index contributed by atoms with van der Waals surface area (Å²) >= 11 is 0. The zero-order valence-electron chi connectivity index (χ0n) is 73.3. The SMILES string of the molecule is C.C.C.C.C.C.CCC[NH+](C)CC.CCC[NH+](CC)c1ccccc1.CC[NH+](C)C.CC[NH+](C)CC.CC[NH+](C)CC.CC[NH+](C)CC.CC[NH+](C)CC.CC[NH+](C)c1ccccc1.CC[NH+](CC)c1ccccc1.CC[NH+](CC)c1ccccc1.CC[NH+](CC)c1ccccc1.CC[NH+](CC)c1ccccc1. The fourth-order valence-corrected chi connectivity index (χ4v) is 9.36. The molecule has 0 saturated carbocycles. The predicted octanol–water partition coefficient (Wildman–Crippen LogP) is 8.52. The lowest BCUT2D eigenvalue weighted by Gasteiger charge is -2.15. The van der Waals surface area contributed by atoms with Crippen LogP contribution in [-0.4, -0.2) is 200 Å². The Morgan fingerprint density at radius 2 is 0.324 bits per heavy atom. The number of hydrogen-bond acceptors (Lipinski definition) is 0. The van der Waals surface area contributed by atoms with Gasteiger partial charge in [0.15, 0.2) is 0 Å². The lowest BCUT2D eigenvalue weighted by atomic mass is 10.3. The zero-order valence-corrected chi connectivity index (χ0v) is 73.3. The van der Waals surface area contributed by atoms with Crippen LogP contribution >= 0.6 is 0 Å². The average molecular weight is 1530 g/mol. The van der Waals surface area contributed by atoms with Gasteiger partial charge in [-0.3, -0.25) is 0 Å². The van der Waals surface area contributed by atoms with Gasteiger partial charge in [-0.25, -0.2) is 0 Å². The Hall–Kier alpha value is -5.16. The van der Waals surface area contributed by atoms with Gasteiger partial charge >= 0.3 is 0 Å². The van der Waals surface area contributed by atoms with E-state index in [-0.39, 0.29) is 44.6 Å². The predicted molar refractivity (Wildman–Crippen MR) is 497 cm³/mol. The van der Waals surface area contributed by atoms with E-state index in [9.17, 15) is 0 Å². The quantitative estimate of drug-likeness (QED) is 0.0215. The van der Waals surface area contributed by atoms with Crippen LogP contribution in [0.5, 0.6) is 0 Å². The molecule has 0 heterocycles. The molecule has 0 aliphatic carbocycles. The van der Waals surface area contributed by atoms with Gasteiger partial charge in [0.25, 0.3) is 0 Å². The van der Waals surface area contributed by atoms with Gasteiger partial charge in [-0.2, -0.15) is 0 Å². The summed E-state index contributed by atoms with van der Waals surface area (Å²) in [5.74, 6) is 0. The van der Waals surface area contributed by atoms with Gasteiger partial charge in [-0.05, 0) is 224 Å². The third-order valence-corrected chi connectivity index (χ3v) is 18.9. The van der Waals surface area contributed by atoms with Gasteiger partial charge in [-0.1, -0.05) is 168 Å². The highest BCUT2D eigenvalue weighted by Gasteiger charge is 2.09. The maximum atomic E-state index is 2.23. The Bertz CT molecular complexity index is 2180. The Kier molecular flexibility index (Phi) is 117. The normalized spacial score (nSPS) is 10.5. The van der Waals surface area contributed by atoms with Gasteiger partial charge < -0.3 is 58.8 Å². The summed E-state index contributed by atoms with van der Waals surface area (Å²) in [4.78, 5) is 18.7. The molecule has 0 saturated heterocycles. The van der Waals surface area contributed by atoms with Crippen molar-refractivity contribution in [1.29, 1.82) is 0 Å². The third-order valence-electron chi connectivity index (χ3n) is 18.9. The van der Waals surface area contributed by atoms with E-state index in [1.165, 1.54) is 194 Å². The zero-order chi connectivity index (χ0) is 78.6. The van der Waals surface area contributed by atoms with Crippen molar-refractivity contribution in [2.75, 3.05) is 200 Å². The van der Waals surface area contributed by atoms with Crippen LogP contribution in [0.4, 0.5) is 34.1 Å². The number of para-hydroxylation sites is 6. The second-order valence-electron chi connectivity index (χ2n) is 26.6. The summed E-state index contributed by atoms with van der Waals surface area (Å²) in [6.45, 7) is 75.2. The van der Waals surface area contributed by atoms with Crippen LogP contribution in [-0.2, 0) is 0 Å². The molecule has 6 aromatic rings. The molecule has 636 valence electrons. The van der Waals surface area contributed by atoms with Gasteiger partial charge in [-0.15, -0.1) is 0 Å². The maximum Gasteiger partial charge on any atom is 0.131 e. The molecular weight excluding hydrogens is 1320 g/mol. The summed E-state index contributed by atoms with van der Waals surface area (Å²) in [5.41, 5.74) is 8.39. The van der Waals surface area contributed by atoms with Crippen molar-refractivity contribution in [3.8, 4) is 0 Å². The minimum absolute atomic E-state index is 0. The molecule has 12 heteroatoms. The summed E-state index contributed by atoms with van der Waals surface area (Å²) in [5, 5.41) is 0. The molecule has 0 aliphatic heterocycles. The Morgan fingerprint density at radius 3 is 0.435 bits per heavy atom. The summed E-state index contributed by atoms with van der Waals surface area (Å²) in [7, 11) is 17.5. The molecule has 0 aromatic heterocycles. The van der Waals surface area contributed by atoms with Crippen molar-refractivity contribution >= 4 is 34.1 Å². The Balaban J connectivity index is -0.0000000936. The highest BCUT2D eigenvalue weighted by Crippen LogP contribution is 2.01. The van der Waals surface area contributed by atoms with E-state index in [0.29, 0.717) is 0 Å². The second kappa shape index (κ2) is 97.9. The number of nitrogens with one attached hydrogen (secondary N) is 12. The lowest BCUT2D eigenvalue weighted by molar-refractivity contribution is -0.877. The summed E-state index contributed by atoms with van der Waals surface area (Å²) < 4.78 is 0.